The zero-order valence-electron chi connectivity index (χ0n) is 9.49. The Labute approximate surface area is 102 Å². The van der Waals surface area contributed by atoms with Crippen LogP contribution in [-0.2, 0) is 6.18 Å². The molecule has 0 aliphatic carbocycles. The highest BCUT2D eigenvalue weighted by atomic mass is 19.4. The fourth-order valence-corrected chi connectivity index (χ4v) is 1.67. The molecule has 0 saturated heterocycles. The van der Waals surface area contributed by atoms with Gasteiger partial charge in [-0.3, -0.25) is 4.98 Å². The number of aromatic hydroxyl groups is 1. The molecule has 94 valence electrons. The first kappa shape index (κ1) is 12.4. The largest absolute Gasteiger partial charge is 0.506 e. The van der Waals surface area contributed by atoms with Crippen molar-refractivity contribution in [1.29, 1.82) is 0 Å². The van der Waals surface area contributed by atoms with Gasteiger partial charge in [0.25, 0.3) is 0 Å². The number of pyridine rings is 1. The second-order valence-electron chi connectivity index (χ2n) is 3.93. The van der Waals surface area contributed by atoms with Crippen molar-refractivity contribution in [1.82, 2.24) is 4.98 Å². The molecule has 2 rings (SSSR count). The summed E-state index contributed by atoms with van der Waals surface area (Å²) in [4.78, 5) is 3.97. The van der Waals surface area contributed by atoms with E-state index in [1.807, 2.05) is 0 Å². The van der Waals surface area contributed by atoms with E-state index in [-0.39, 0.29) is 5.75 Å². The molecule has 1 aromatic carbocycles. The van der Waals surface area contributed by atoms with Crippen molar-refractivity contribution in [3.05, 3.63) is 47.7 Å². The van der Waals surface area contributed by atoms with E-state index in [4.69, 9.17) is 5.11 Å². The van der Waals surface area contributed by atoms with Crippen LogP contribution in [0, 0.1) is 6.92 Å². The van der Waals surface area contributed by atoms with Crippen LogP contribution >= 0.6 is 0 Å². The van der Waals surface area contributed by atoms with Crippen LogP contribution in [0.5, 0.6) is 5.75 Å². The third kappa shape index (κ3) is 2.45. The summed E-state index contributed by atoms with van der Waals surface area (Å²) in [5.74, 6) is 0.0170. The number of hydrogen-bond acceptors (Lipinski definition) is 2. The lowest BCUT2D eigenvalue weighted by Crippen LogP contribution is -2.05. The summed E-state index contributed by atoms with van der Waals surface area (Å²) in [6, 6.07) is 6.50. The van der Waals surface area contributed by atoms with Crippen molar-refractivity contribution in [2.75, 3.05) is 0 Å². The third-order valence-electron chi connectivity index (χ3n) is 2.58. The number of aromatic nitrogens is 1. The summed E-state index contributed by atoms with van der Waals surface area (Å²) < 4.78 is 37.5. The summed E-state index contributed by atoms with van der Waals surface area (Å²) in [6.07, 6.45) is -3.09. The Morgan fingerprint density at radius 2 is 1.83 bits per heavy atom. The van der Waals surface area contributed by atoms with Gasteiger partial charge in [-0.15, -0.1) is 0 Å². The minimum atomic E-state index is -4.34. The standard InChI is InChI=1S/C13H10F3NO/c1-8-6-9(13(14,15)16)2-4-11(8)12-5-3-10(18)7-17-12/h2-7,18H,1H3. The Hall–Kier alpha value is -2.04. The normalized spacial score (nSPS) is 11.6. The van der Waals surface area contributed by atoms with Gasteiger partial charge in [0.1, 0.15) is 5.75 Å². The molecule has 0 unspecified atom stereocenters. The van der Waals surface area contributed by atoms with Gasteiger partial charge in [0.15, 0.2) is 0 Å². The zero-order chi connectivity index (χ0) is 13.3. The number of rotatable bonds is 1. The molecular weight excluding hydrogens is 243 g/mol. The third-order valence-corrected chi connectivity index (χ3v) is 2.58. The van der Waals surface area contributed by atoms with Crippen molar-refractivity contribution in [3.63, 3.8) is 0 Å². The number of alkyl halides is 3. The van der Waals surface area contributed by atoms with Crippen LogP contribution in [0.25, 0.3) is 11.3 Å². The van der Waals surface area contributed by atoms with Crippen molar-refractivity contribution < 1.29 is 18.3 Å². The van der Waals surface area contributed by atoms with E-state index in [0.717, 1.165) is 12.1 Å². The van der Waals surface area contributed by atoms with E-state index in [9.17, 15) is 13.2 Å². The summed E-state index contributed by atoms with van der Waals surface area (Å²) in [5, 5.41) is 9.11. The van der Waals surface area contributed by atoms with E-state index in [1.54, 1.807) is 13.0 Å². The van der Waals surface area contributed by atoms with Gasteiger partial charge in [0.05, 0.1) is 17.5 Å². The predicted octanol–water partition coefficient (Wildman–Crippen LogP) is 3.78. The average molecular weight is 253 g/mol. The number of benzene rings is 1. The highest BCUT2D eigenvalue weighted by Gasteiger charge is 2.30. The molecule has 0 bridgehead atoms. The lowest BCUT2D eigenvalue weighted by molar-refractivity contribution is -0.137. The molecule has 1 heterocycles. The van der Waals surface area contributed by atoms with Crippen LogP contribution in [0.1, 0.15) is 11.1 Å². The first-order valence-electron chi connectivity index (χ1n) is 5.21. The van der Waals surface area contributed by atoms with Crippen molar-refractivity contribution >= 4 is 0 Å². The van der Waals surface area contributed by atoms with Gasteiger partial charge in [-0.05, 0) is 36.8 Å². The molecule has 2 nitrogen and oxygen atoms in total. The Morgan fingerprint density at radius 3 is 2.33 bits per heavy atom. The molecule has 0 saturated carbocycles. The molecule has 2 aromatic rings. The van der Waals surface area contributed by atoms with Crippen LogP contribution in [0.15, 0.2) is 36.5 Å². The smallest absolute Gasteiger partial charge is 0.416 e. The van der Waals surface area contributed by atoms with Crippen LogP contribution in [0.2, 0.25) is 0 Å². The van der Waals surface area contributed by atoms with Crippen LogP contribution in [-0.4, -0.2) is 10.1 Å². The number of nitrogens with zero attached hydrogens (tertiary/aromatic N) is 1. The number of halogens is 3. The molecule has 18 heavy (non-hydrogen) atoms. The lowest BCUT2D eigenvalue weighted by atomic mass is 10.0. The molecule has 0 radical (unpaired) electrons. The zero-order valence-corrected chi connectivity index (χ0v) is 9.49. The molecule has 0 spiro atoms. The maximum absolute atomic E-state index is 12.5. The van der Waals surface area contributed by atoms with Gasteiger partial charge >= 0.3 is 6.18 Å². The molecule has 0 amide bonds. The molecule has 0 aliphatic rings. The van der Waals surface area contributed by atoms with Gasteiger partial charge in [-0.25, -0.2) is 0 Å². The van der Waals surface area contributed by atoms with E-state index >= 15 is 0 Å². The Morgan fingerprint density at radius 1 is 1.11 bits per heavy atom. The van der Waals surface area contributed by atoms with Crippen molar-refractivity contribution in [2.24, 2.45) is 0 Å². The van der Waals surface area contributed by atoms with Gasteiger partial charge in [-0.2, -0.15) is 13.2 Å². The second kappa shape index (κ2) is 4.33. The Kier molecular flexibility index (Phi) is 2.98. The van der Waals surface area contributed by atoms with E-state index in [2.05, 4.69) is 4.98 Å². The maximum Gasteiger partial charge on any atom is 0.416 e. The molecule has 0 atom stereocenters. The number of aryl methyl sites for hydroxylation is 1. The lowest BCUT2D eigenvalue weighted by Gasteiger charge is -2.10. The second-order valence-corrected chi connectivity index (χ2v) is 3.93. The first-order chi connectivity index (χ1) is 8.38. The fraction of sp³-hybridized carbons (Fsp3) is 0.154. The molecule has 1 aromatic heterocycles. The summed E-state index contributed by atoms with van der Waals surface area (Å²) in [6.45, 7) is 1.60. The van der Waals surface area contributed by atoms with Crippen molar-refractivity contribution in [2.45, 2.75) is 13.1 Å². The van der Waals surface area contributed by atoms with Gasteiger partial charge in [0.2, 0.25) is 0 Å². The minimum absolute atomic E-state index is 0.0170. The highest BCUT2D eigenvalue weighted by molar-refractivity contribution is 5.64. The summed E-state index contributed by atoms with van der Waals surface area (Å²) >= 11 is 0. The predicted molar refractivity (Wildman–Crippen MR) is 61.1 cm³/mol. The molecular formula is C13H10F3NO. The van der Waals surface area contributed by atoms with E-state index < -0.39 is 11.7 Å². The SMILES string of the molecule is Cc1cc(C(F)(F)F)ccc1-c1ccc(O)cn1. The topological polar surface area (TPSA) is 33.1 Å². The summed E-state index contributed by atoms with van der Waals surface area (Å²) in [7, 11) is 0. The molecule has 1 N–H and O–H groups in total. The van der Waals surface area contributed by atoms with Gasteiger partial charge in [-0.1, -0.05) is 6.07 Å². The fourth-order valence-electron chi connectivity index (χ4n) is 1.67. The summed E-state index contributed by atoms with van der Waals surface area (Å²) in [5.41, 5.74) is 0.951. The van der Waals surface area contributed by atoms with Crippen LogP contribution < -0.4 is 0 Å². The highest BCUT2D eigenvalue weighted by Crippen LogP contribution is 2.32. The van der Waals surface area contributed by atoms with Gasteiger partial charge in [0, 0.05) is 5.56 Å². The van der Waals surface area contributed by atoms with E-state index in [1.165, 1.54) is 18.3 Å². The van der Waals surface area contributed by atoms with Gasteiger partial charge < -0.3 is 5.11 Å². The van der Waals surface area contributed by atoms with Crippen molar-refractivity contribution in [3.8, 4) is 17.0 Å². The number of hydrogen-bond donors (Lipinski definition) is 1. The average Bonchev–Trinajstić information content (AvgIpc) is 2.29. The van der Waals surface area contributed by atoms with E-state index in [0.29, 0.717) is 16.8 Å². The maximum atomic E-state index is 12.5. The minimum Gasteiger partial charge on any atom is -0.506 e. The van der Waals surface area contributed by atoms with Crippen LogP contribution in [0.4, 0.5) is 13.2 Å². The molecule has 0 fully saturated rings. The monoisotopic (exact) mass is 253 g/mol. The molecule has 0 aliphatic heterocycles. The Bertz CT molecular complexity index is 561. The molecule has 5 heteroatoms. The Balaban J connectivity index is 2.45. The quantitative estimate of drug-likeness (QED) is 0.838. The first-order valence-corrected chi connectivity index (χ1v) is 5.21. The van der Waals surface area contributed by atoms with Crippen LogP contribution in [0.3, 0.4) is 0 Å².